The standard InChI is InChI=1S/C13H13N3O5/c14-13(18)12-4-2-9(21-12)6-15-10-5-8(7-17)1-3-11(10)16(19)20/h1-5,15,17H,6-7H2,(H2,14,18). The van der Waals surface area contributed by atoms with Crippen molar-refractivity contribution in [2.45, 2.75) is 13.2 Å². The molecule has 8 nitrogen and oxygen atoms in total. The van der Waals surface area contributed by atoms with Gasteiger partial charge in [0.1, 0.15) is 11.4 Å². The Morgan fingerprint density at radius 1 is 1.38 bits per heavy atom. The minimum Gasteiger partial charge on any atom is -0.454 e. The number of furan rings is 1. The monoisotopic (exact) mass is 291 g/mol. The number of carbonyl (C=O) groups is 1. The minimum atomic E-state index is -0.686. The molecule has 0 spiro atoms. The first-order valence-corrected chi connectivity index (χ1v) is 6.02. The van der Waals surface area contributed by atoms with Gasteiger partial charge in [0, 0.05) is 6.07 Å². The molecule has 0 aliphatic rings. The van der Waals surface area contributed by atoms with Gasteiger partial charge in [0.05, 0.1) is 18.1 Å². The molecule has 0 radical (unpaired) electrons. The molecule has 110 valence electrons. The highest BCUT2D eigenvalue weighted by Gasteiger charge is 2.15. The Balaban J connectivity index is 2.17. The van der Waals surface area contributed by atoms with Crippen LogP contribution in [-0.4, -0.2) is 15.9 Å². The van der Waals surface area contributed by atoms with E-state index < -0.39 is 10.8 Å². The largest absolute Gasteiger partial charge is 0.454 e. The van der Waals surface area contributed by atoms with E-state index in [9.17, 15) is 14.9 Å². The van der Waals surface area contributed by atoms with Crippen molar-refractivity contribution in [1.82, 2.24) is 0 Å². The number of rotatable bonds is 6. The lowest BCUT2D eigenvalue weighted by Gasteiger charge is -2.07. The first kappa shape index (κ1) is 14.5. The summed E-state index contributed by atoms with van der Waals surface area (Å²) in [5.41, 5.74) is 5.74. The Morgan fingerprint density at radius 3 is 2.71 bits per heavy atom. The molecule has 0 bridgehead atoms. The molecule has 2 rings (SSSR count). The third-order valence-electron chi connectivity index (χ3n) is 2.80. The summed E-state index contributed by atoms with van der Waals surface area (Å²) in [5, 5.41) is 22.9. The van der Waals surface area contributed by atoms with Crippen molar-refractivity contribution in [3.8, 4) is 0 Å². The van der Waals surface area contributed by atoms with Gasteiger partial charge in [-0.1, -0.05) is 0 Å². The molecule has 0 atom stereocenters. The number of primary amides is 1. The van der Waals surface area contributed by atoms with E-state index in [1.165, 1.54) is 24.3 Å². The van der Waals surface area contributed by atoms with Gasteiger partial charge in [-0.05, 0) is 29.8 Å². The van der Waals surface area contributed by atoms with Crippen molar-refractivity contribution < 1.29 is 19.2 Å². The smallest absolute Gasteiger partial charge is 0.292 e. The van der Waals surface area contributed by atoms with E-state index in [2.05, 4.69) is 5.32 Å². The second-order valence-corrected chi connectivity index (χ2v) is 4.25. The molecule has 21 heavy (non-hydrogen) atoms. The summed E-state index contributed by atoms with van der Waals surface area (Å²) < 4.78 is 5.17. The molecule has 0 fully saturated rings. The Bertz CT molecular complexity index is 680. The van der Waals surface area contributed by atoms with E-state index >= 15 is 0 Å². The number of hydrogen-bond acceptors (Lipinski definition) is 6. The van der Waals surface area contributed by atoms with Crippen LogP contribution in [0, 0.1) is 10.1 Å². The van der Waals surface area contributed by atoms with Crippen molar-refractivity contribution >= 4 is 17.3 Å². The van der Waals surface area contributed by atoms with E-state index in [1.54, 1.807) is 6.07 Å². The first-order chi connectivity index (χ1) is 10.0. The van der Waals surface area contributed by atoms with Crippen LogP contribution in [0.15, 0.2) is 34.7 Å². The molecular weight excluding hydrogens is 278 g/mol. The number of aliphatic hydroxyl groups excluding tert-OH is 1. The Hall–Kier alpha value is -2.87. The van der Waals surface area contributed by atoms with Crippen LogP contribution in [0.5, 0.6) is 0 Å². The highest BCUT2D eigenvalue weighted by atomic mass is 16.6. The highest BCUT2D eigenvalue weighted by molar-refractivity contribution is 5.89. The van der Waals surface area contributed by atoms with E-state index in [4.69, 9.17) is 15.3 Å². The molecule has 4 N–H and O–H groups in total. The third-order valence-corrected chi connectivity index (χ3v) is 2.80. The number of hydrogen-bond donors (Lipinski definition) is 3. The molecule has 2 aromatic rings. The summed E-state index contributed by atoms with van der Waals surface area (Å²) in [5.74, 6) is -0.257. The zero-order valence-electron chi connectivity index (χ0n) is 10.9. The van der Waals surface area contributed by atoms with Gasteiger partial charge in [0.15, 0.2) is 5.76 Å². The number of benzene rings is 1. The SMILES string of the molecule is NC(=O)c1ccc(CNc2cc(CO)ccc2[N+](=O)[O-])o1. The number of nitrogens with two attached hydrogens (primary N) is 1. The first-order valence-electron chi connectivity index (χ1n) is 6.02. The van der Waals surface area contributed by atoms with Gasteiger partial charge in [0.2, 0.25) is 0 Å². The Labute approximate surface area is 119 Å². The number of aliphatic hydroxyl groups is 1. The van der Waals surface area contributed by atoms with Crippen molar-refractivity contribution in [3.05, 3.63) is 57.5 Å². The van der Waals surface area contributed by atoms with Gasteiger partial charge in [-0.15, -0.1) is 0 Å². The fraction of sp³-hybridized carbons (Fsp3) is 0.154. The predicted octanol–water partition coefficient (Wildman–Crippen LogP) is 1.39. The summed E-state index contributed by atoms with van der Waals surface area (Å²) in [6, 6.07) is 7.25. The second-order valence-electron chi connectivity index (χ2n) is 4.25. The van der Waals surface area contributed by atoms with Crippen LogP contribution in [-0.2, 0) is 13.2 Å². The van der Waals surface area contributed by atoms with Gasteiger partial charge in [-0.25, -0.2) is 0 Å². The van der Waals surface area contributed by atoms with Crippen LogP contribution in [0.3, 0.4) is 0 Å². The zero-order valence-corrected chi connectivity index (χ0v) is 10.9. The average molecular weight is 291 g/mol. The van der Waals surface area contributed by atoms with Crippen LogP contribution in [0.25, 0.3) is 0 Å². The quantitative estimate of drug-likeness (QED) is 0.544. The molecular formula is C13H13N3O5. The molecule has 0 aliphatic carbocycles. The third kappa shape index (κ3) is 3.37. The Kier molecular flexibility index (Phi) is 4.19. The van der Waals surface area contributed by atoms with Crippen molar-refractivity contribution in [2.75, 3.05) is 5.32 Å². The molecule has 1 amide bonds. The lowest BCUT2D eigenvalue weighted by Crippen LogP contribution is -2.09. The number of nitro groups is 1. The van der Waals surface area contributed by atoms with Crippen molar-refractivity contribution in [3.63, 3.8) is 0 Å². The lowest BCUT2D eigenvalue weighted by atomic mass is 10.2. The van der Waals surface area contributed by atoms with Crippen LogP contribution < -0.4 is 11.1 Å². The van der Waals surface area contributed by atoms with E-state index in [0.717, 1.165) is 0 Å². The molecule has 1 aromatic heterocycles. The maximum absolute atomic E-state index is 10.9. The highest BCUT2D eigenvalue weighted by Crippen LogP contribution is 2.26. The molecule has 8 heteroatoms. The molecule has 0 unspecified atom stereocenters. The average Bonchev–Trinajstić information content (AvgIpc) is 2.93. The van der Waals surface area contributed by atoms with Gasteiger partial charge < -0.3 is 20.6 Å². The number of nitro benzene ring substituents is 1. The van der Waals surface area contributed by atoms with Gasteiger partial charge in [0.25, 0.3) is 11.6 Å². The summed E-state index contributed by atoms with van der Waals surface area (Å²) in [7, 11) is 0. The van der Waals surface area contributed by atoms with Crippen LogP contribution in [0.4, 0.5) is 11.4 Å². The number of nitrogens with one attached hydrogen (secondary N) is 1. The molecule has 0 saturated carbocycles. The summed E-state index contributed by atoms with van der Waals surface area (Å²) in [4.78, 5) is 21.3. The molecule has 1 heterocycles. The normalized spacial score (nSPS) is 10.3. The zero-order chi connectivity index (χ0) is 15.4. The lowest BCUT2D eigenvalue weighted by molar-refractivity contribution is -0.384. The van der Waals surface area contributed by atoms with Crippen LogP contribution >= 0.6 is 0 Å². The maximum atomic E-state index is 10.9. The molecule has 0 aliphatic heterocycles. The van der Waals surface area contributed by atoms with E-state index in [0.29, 0.717) is 11.3 Å². The number of amides is 1. The summed E-state index contributed by atoms with van der Waals surface area (Å²) >= 11 is 0. The van der Waals surface area contributed by atoms with Gasteiger partial charge in [-0.3, -0.25) is 14.9 Å². The summed E-state index contributed by atoms with van der Waals surface area (Å²) in [6.07, 6.45) is 0. The minimum absolute atomic E-state index is 0.0189. The van der Waals surface area contributed by atoms with Gasteiger partial charge >= 0.3 is 0 Å². The van der Waals surface area contributed by atoms with Crippen LogP contribution in [0.1, 0.15) is 21.9 Å². The van der Waals surface area contributed by atoms with Crippen molar-refractivity contribution in [2.24, 2.45) is 5.73 Å². The summed E-state index contributed by atoms with van der Waals surface area (Å²) in [6.45, 7) is -0.0811. The van der Waals surface area contributed by atoms with Gasteiger partial charge in [-0.2, -0.15) is 0 Å². The number of nitrogens with zero attached hydrogens (tertiary/aromatic N) is 1. The van der Waals surface area contributed by atoms with E-state index in [1.807, 2.05) is 0 Å². The second kappa shape index (κ2) is 6.06. The Morgan fingerprint density at radius 2 is 2.14 bits per heavy atom. The topological polar surface area (TPSA) is 132 Å². The fourth-order valence-electron chi connectivity index (χ4n) is 1.77. The number of anilines is 1. The molecule has 0 saturated heterocycles. The maximum Gasteiger partial charge on any atom is 0.292 e. The predicted molar refractivity (Wildman–Crippen MR) is 73.6 cm³/mol. The van der Waals surface area contributed by atoms with Crippen molar-refractivity contribution in [1.29, 1.82) is 0 Å². The number of carbonyl (C=O) groups excluding carboxylic acids is 1. The van der Waals surface area contributed by atoms with E-state index in [-0.39, 0.29) is 30.3 Å². The fourth-order valence-corrected chi connectivity index (χ4v) is 1.77. The molecule has 1 aromatic carbocycles. The van der Waals surface area contributed by atoms with Crippen LogP contribution in [0.2, 0.25) is 0 Å².